The molecular formula is C12H13N3O2. The molecule has 0 fully saturated rings. The van der Waals surface area contributed by atoms with Crippen molar-refractivity contribution in [3.05, 3.63) is 41.5 Å². The molecule has 0 radical (unpaired) electrons. The molecule has 2 aromatic heterocycles. The number of aromatic nitrogens is 3. The highest BCUT2D eigenvalue weighted by atomic mass is 16.5. The molecule has 0 aliphatic heterocycles. The van der Waals surface area contributed by atoms with Gasteiger partial charge in [0.05, 0.1) is 24.6 Å². The molecule has 0 aliphatic carbocycles. The Labute approximate surface area is 99.1 Å². The summed E-state index contributed by atoms with van der Waals surface area (Å²) in [6, 6.07) is 1.67. The number of hydrogen-bond acceptors (Lipinski definition) is 4. The van der Waals surface area contributed by atoms with Gasteiger partial charge in [-0.15, -0.1) is 0 Å². The molecule has 5 heteroatoms. The van der Waals surface area contributed by atoms with Crippen LogP contribution in [0.1, 0.15) is 21.6 Å². The molecule has 0 amide bonds. The largest absolute Gasteiger partial charge is 0.495 e. The predicted molar refractivity (Wildman–Crippen MR) is 62.2 cm³/mol. The SMILES string of the molecule is COc1cncc(C(=O)c2cn(C)nc2C)c1. The number of pyridine rings is 1. The Morgan fingerprint density at radius 1 is 1.41 bits per heavy atom. The van der Waals surface area contributed by atoms with Gasteiger partial charge in [-0.3, -0.25) is 14.5 Å². The van der Waals surface area contributed by atoms with Crippen molar-refractivity contribution in [3.8, 4) is 5.75 Å². The maximum atomic E-state index is 12.2. The van der Waals surface area contributed by atoms with Crippen LogP contribution in [0.2, 0.25) is 0 Å². The van der Waals surface area contributed by atoms with Crippen LogP contribution in [0.25, 0.3) is 0 Å². The third kappa shape index (κ3) is 2.18. The molecule has 5 nitrogen and oxygen atoms in total. The van der Waals surface area contributed by atoms with Crippen molar-refractivity contribution < 1.29 is 9.53 Å². The summed E-state index contributed by atoms with van der Waals surface area (Å²) >= 11 is 0. The Morgan fingerprint density at radius 3 is 2.76 bits per heavy atom. The first-order valence-corrected chi connectivity index (χ1v) is 5.16. The summed E-state index contributed by atoms with van der Waals surface area (Å²) in [5.74, 6) is 0.472. The van der Waals surface area contributed by atoms with Gasteiger partial charge < -0.3 is 4.74 Å². The molecule has 2 aromatic rings. The van der Waals surface area contributed by atoms with Crippen LogP contribution >= 0.6 is 0 Å². The number of ketones is 1. The summed E-state index contributed by atoms with van der Waals surface area (Å²) in [7, 11) is 3.33. The van der Waals surface area contributed by atoms with Crippen molar-refractivity contribution in [2.45, 2.75) is 6.92 Å². The highest BCUT2D eigenvalue weighted by molar-refractivity contribution is 6.09. The van der Waals surface area contributed by atoms with Crippen LogP contribution in [0.5, 0.6) is 5.75 Å². The zero-order valence-corrected chi connectivity index (χ0v) is 9.97. The highest BCUT2D eigenvalue weighted by Crippen LogP contribution is 2.16. The fourth-order valence-electron chi connectivity index (χ4n) is 1.63. The smallest absolute Gasteiger partial charge is 0.198 e. The minimum absolute atomic E-state index is 0.0954. The lowest BCUT2D eigenvalue weighted by molar-refractivity contribution is 0.103. The Bertz CT molecular complexity index is 561. The first-order valence-electron chi connectivity index (χ1n) is 5.16. The first kappa shape index (κ1) is 11.3. The van der Waals surface area contributed by atoms with E-state index in [0.717, 1.165) is 0 Å². The number of nitrogens with zero attached hydrogens (tertiary/aromatic N) is 3. The third-order valence-electron chi connectivity index (χ3n) is 2.47. The van der Waals surface area contributed by atoms with Crippen LogP contribution in [0.3, 0.4) is 0 Å². The van der Waals surface area contributed by atoms with Gasteiger partial charge in [-0.2, -0.15) is 5.10 Å². The maximum absolute atomic E-state index is 12.2. The van der Waals surface area contributed by atoms with Crippen LogP contribution in [-0.4, -0.2) is 27.7 Å². The lowest BCUT2D eigenvalue weighted by Crippen LogP contribution is -2.03. The molecule has 0 N–H and O–H groups in total. The summed E-state index contributed by atoms with van der Waals surface area (Å²) in [5, 5.41) is 4.14. The Hall–Kier alpha value is -2.17. The summed E-state index contributed by atoms with van der Waals surface area (Å²) in [4.78, 5) is 16.2. The Balaban J connectivity index is 2.40. The van der Waals surface area contributed by atoms with E-state index in [4.69, 9.17) is 4.74 Å². The van der Waals surface area contributed by atoms with Gasteiger partial charge >= 0.3 is 0 Å². The molecule has 0 atom stereocenters. The molecule has 0 aliphatic rings. The zero-order valence-electron chi connectivity index (χ0n) is 9.97. The summed E-state index contributed by atoms with van der Waals surface area (Å²) in [5.41, 5.74) is 1.79. The van der Waals surface area contributed by atoms with E-state index in [2.05, 4.69) is 10.1 Å². The number of ether oxygens (including phenoxy) is 1. The topological polar surface area (TPSA) is 57.0 Å². The lowest BCUT2D eigenvalue weighted by Gasteiger charge is -2.02. The van der Waals surface area contributed by atoms with Crippen LogP contribution in [-0.2, 0) is 7.05 Å². The number of aryl methyl sites for hydroxylation is 2. The molecule has 2 heterocycles. The first-order chi connectivity index (χ1) is 8.11. The standard InChI is InChI=1S/C12H13N3O2/c1-8-11(7-15(2)14-8)12(16)9-4-10(17-3)6-13-5-9/h4-7H,1-3H3. The van der Waals surface area contributed by atoms with Crippen molar-refractivity contribution in [2.75, 3.05) is 7.11 Å². The van der Waals surface area contributed by atoms with Crippen LogP contribution in [0, 0.1) is 6.92 Å². The van der Waals surface area contributed by atoms with Gasteiger partial charge in [0, 0.05) is 25.0 Å². The van der Waals surface area contributed by atoms with Gasteiger partial charge in [0.25, 0.3) is 0 Å². The summed E-state index contributed by atoms with van der Waals surface area (Å²) in [6.45, 7) is 1.81. The zero-order chi connectivity index (χ0) is 12.4. The van der Waals surface area contributed by atoms with Gasteiger partial charge in [0.15, 0.2) is 5.78 Å². The third-order valence-corrected chi connectivity index (χ3v) is 2.47. The number of methoxy groups -OCH3 is 1. The molecule has 0 aromatic carbocycles. The highest BCUT2D eigenvalue weighted by Gasteiger charge is 2.15. The fourth-order valence-corrected chi connectivity index (χ4v) is 1.63. The molecular weight excluding hydrogens is 218 g/mol. The van der Waals surface area contributed by atoms with Crippen LogP contribution < -0.4 is 4.74 Å². The maximum Gasteiger partial charge on any atom is 0.198 e. The van der Waals surface area contributed by atoms with E-state index in [9.17, 15) is 4.79 Å². The van der Waals surface area contributed by atoms with E-state index in [1.54, 1.807) is 44.2 Å². The van der Waals surface area contributed by atoms with E-state index in [1.807, 2.05) is 0 Å². The second kappa shape index (κ2) is 4.37. The van der Waals surface area contributed by atoms with Crippen molar-refractivity contribution in [3.63, 3.8) is 0 Å². The van der Waals surface area contributed by atoms with Crippen LogP contribution in [0.15, 0.2) is 24.7 Å². The molecule has 0 spiro atoms. The minimum Gasteiger partial charge on any atom is -0.495 e. The van der Waals surface area contributed by atoms with Crippen LogP contribution in [0.4, 0.5) is 0 Å². The van der Waals surface area contributed by atoms with Gasteiger partial charge in [-0.25, -0.2) is 0 Å². The molecule has 17 heavy (non-hydrogen) atoms. The second-order valence-electron chi connectivity index (χ2n) is 3.74. The fraction of sp³-hybridized carbons (Fsp3) is 0.250. The second-order valence-corrected chi connectivity index (χ2v) is 3.74. The summed E-state index contributed by atoms with van der Waals surface area (Å²) in [6.07, 6.45) is 4.79. The quantitative estimate of drug-likeness (QED) is 0.748. The van der Waals surface area contributed by atoms with Crippen molar-refractivity contribution in [1.29, 1.82) is 0 Å². The van der Waals surface area contributed by atoms with E-state index >= 15 is 0 Å². The van der Waals surface area contributed by atoms with E-state index < -0.39 is 0 Å². The molecule has 88 valence electrons. The Kier molecular flexibility index (Phi) is 2.91. The van der Waals surface area contributed by atoms with Crippen molar-refractivity contribution >= 4 is 5.78 Å². The molecule has 0 bridgehead atoms. The number of rotatable bonds is 3. The monoisotopic (exact) mass is 231 g/mol. The molecule has 2 rings (SSSR count). The number of carbonyl (C=O) groups is 1. The van der Waals surface area contributed by atoms with Gasteiger partial charge in [-0.05, 0) is 13.0 Å². The molecule has 0 saturated carbocycles. The molecule has 0 saturated heterocycles. The minimum atomic E-state index is -0.0954. The predicted octanol–water partition coefficient (Wildman–Crippen LogP) is 1.36. The normalized spacial score (nSPS) is 10.3. The summed E-state index contributed by atoms with van der Waals surface area (Å²) < 4.78 is 6.66. The van der Waals surface area contributed by atoms with Gasteiger partial charge in [0.1, 0.15) is 5.75 Å². The average molecular weight is 231 g/mol. The van der Waals surface area contributed by atoms with Gasteiger partial charge in [-0.1, -0.05) is 0 Å². The van der Waals surface area contributed by atoms with Gasteiger partial charge in [0.2, 0.25) is 0 Å². The average Bonchev–Trinajstić information content (AvgIpc) is 2.67. The number of hydrogen-bond donors (Lipinski definition) is 0. The Morgan fingerprint density at radius 2 is 2.18 bits per heavy atom. The van der Waals surface area contributed by atoms with E-state index in [0.29, 0.717) is 22.6 Å². The van der Waals surface area contributed by atoms with Crippen molar-refractivity contribution in [2.24, 2.45) is 7.05 Å². The lowest BCUT2D eigenvalue weighted by atomic mass is 10.1. The van der Waals surface area contributed by atoms with Crippen molar-refractivity contribution in [1.82, 2.24) is 14.8 Å². The number of carbonyl (C=O) groups excluding carboxylic acids is 1. The van der Waals surface area contributed by atoms with E-state index in [1.165, 1.54) is 6.20 Å². The molecule has 0 unspecified atom stereocenters. The van der Waals surface area contributed by atoms with E-state index in [-0.39, 0.29) is 5.78 Å².